The van der Waals surface area contributed by atoms with E-state index in [0.29, 0.717) is 6.54 Å². The molecule has 0 aliphatic carbocycles. The maximum Gasteiger partial charge on any atom is 0.491 e. The van der Waals surface area contributed by atoms with Crippen LogP contribution >= 0.6 is 0 Å². The molecule has 1 aromatic carbocycles. The second-order valence-electron chi connectivity index (χ2n) is 4.54. The largest absolute Gasteiger partial charge is 0.491 e. The number of hydrogen-bond donors (Lipinski definition) is 2. The maximum absolute atomic E-state index is 13.4. The molecule has 106 valence electrons. The van der Waals surface area contributed by atoms with Crippen LogP contribution in [-0.4, -0.2) is 31.9 Å². The Morgan fingerprint density at radius 1 is 1.25 bits per heavy atom. The normalized spacial score (nSPS) is 10.8. The van der Waals surface area contributed by atoms with Gasteiger partial charge in [0.25, 0.3) is 0 Å². The van der Waals surface area contributed by atoms with E-state index in [1.165, 1.54) is 12.1 Å². The van der Waals surface area contributed by atoms with Crippen LogP contribution in [0, 0.1) is 5.82 Å². The van der Waals surface area contributed by atoms with Gasteiger partial charge in [0.15, 0.2) is 5.82 Å². The lowest BCUT2D eigenvalue weighted by Crippen LogP contribution is -2.33. The molecule has 2 rings (SSSR count). The third-order valence-corrected chi connectivity index (χ3v) is 3.10. The molecule has 2 aromatic rings. The van der Waals surface area contributed by atoms with Crippen LogP contribution in [-0.2, 0) is 19.4 Å². The van der Waals surface area contributed by atoms with Crippen LogP contribution in [0.3, 0.4) is 0 Å². The average molecular weight is 277 g/mol. The summed E-state index contributed by atoms with van der Waals surface area (Å²) in [6.45, 7) is 4.40. The monoisotopic (exact) mass is 277 g/mol. The fourth-order valence-corrected chi connectivity index (χ4v) is 2.03. The third kappa shape index (κ3) is 3.05. The molecule has 1 aromatic heterocycles. The molecular weight excluding hydrogens is 260 g/mol. The van der Waals surface area contributed by atoms with Crippen molar-refractivity contribution in [2.75, 3.05) is 0 Å². The molecule has 0 fully saturated rings. The molecule has 0 radical (unpaired) electrons. The molecule has 0 aliphatic heterocycles. The summed E-state index contributed by atoms with van der Waals surface area (Å²) in [7, 11) is -1.82. The minimum absolute atomic E-state index is 0.128. The van der Waals surface area contributed by atoms with Crippen LogP contribution < -0.4 is 5.46 Å². The SMILES string of the molecule is CCc1nc(CC)n(Cc2ccc(F)c(B(O)O)c2)n1. The number of benzene rings is 1. The van der Waals surface area contributed by atoms with Crippen LogP contribution in [0.5, 0.6) is 0 Å². The summed E-state index contributed by atoms with van der Waals surface area (Å²) in [5, 5.41) is 22.6. The standard InChI is InChI=1S/C13H17BFN3O2/c1-3-12-16-13(4-2)18(17-12)8-9-5-6-11(15)10(7-9)14(19)20/h5-7,19-20H,3-4,8H2,1-2H3. The molecule has 0 aliphatic rings. The van der Waals surface area contributed by atoms with Gasteiger partial charge in [0, 0.05) is 18.3 Å². The van der Waals surface area contributed by atoms with Crippen molar-refractivity contribution < 1.29 is 14.4 Å². The molecule has 2 N–H and O–H groups in total. The summed E-state index contributed by atoms with van der Waals surface area (Å²) in [5.41, 5.74) is 0.619. The molecule has 0 bridgehead atoms. The Hall–Kier alpha value is -1.73. The van der Waals surface area contributed by atoms with E-state index in [0.717, 1.165) is 30.1 Å². The van der Waals surface area contributed by atoms with Crippen molar-refractivity contribution in [3.8, 4) is 0 Å². The Morgan fingerprint density at radius 2 is 2.00 bits per heavy atom. The zero-order valence-electron chi connectivity index (χ0n) is 11.5. The molecule has 1 heterocycles. The molecule has 0 saturated carbocycles. The number of hydrogen-bond acceptors (Lipinski definition) is 4. The molecule has 7 heteroatoms. The minimum atomic E-state index is -1.82. The maximum atomic E-state index is 13.4. The third-order valence-electron chi connectivity index (χ3n) is 3.10. The van der Waals surface area contributed by atoms with Gasteiger partial charge in [-0.1, -0.05) is 26.0 Å². The van der Waals surface area contributed by atoms with Crippen LogP contribution in [0.15, 0.2) is 18.2 Å². The van der Waals surface area contributed by atoms with Gasteiger partial charge < -0.3 is 10.0 Å². The van der Waals surface area contributed by atoms with E-state index in [-0.39, 0.29) is 5.46 Å². The summed E-state index contributed by atoms with van der Waals surface area (Å²) >= 11 is 0. The second kappa shape index (κ2) is 6.15. The Morgan fingerprint density at radius 3 is 2.60 bits per heavy atom. The van der Waals surface area contributed by atoms with E-state index < -0.39 is 12.9 Å². The van der Waals surface area contributed by atoms with Crippen LogP contribution in [0.25, 0.3) is 0 Å². The van der Waals surface area contributed by atoms with Gasteiger partial charge in [-0.25, -0.2) is 14.1 Å². The smallest absolute Gasteiger partial charge is 0.423 e. The van der Waals surface area contributed by atoms with Crippen molar-refractivity contribution in [2.24, 2.45) is 0 Å². The summed E-state index contributed by atoms with van der Waals surface area (Å²) in [4.78, 5) is 4.40. The topological polar surface area (TPSA) is 71.2 Å². The van der Waals surface area contributed by atoms with Gasteiger partial charge in [-0.2, -0.15) is 5.10 Å². The summed E-state index contributed by atoms with van der Waals surface area (Å²) < 4.78 is 15.2. The van der Waals surface area contributed by atoms with E-state index >= 15 is 0 Å². The summed E-state index contributed by atoms with van der Waals surface area (Å²) in [6.07, 6.45) is 1.51. The lowest BCUT2D eigenvalue weighted by molar-refractivity contribution is 0.423. The van der Waals surface area contributed by atoms with Gasteiger partial charge in [-0.15, -0.1) is 0 Å². The highest BCUT2D eigenvalue weighted by molar-refractivity contribution is 6.58. The molecule has 0 saturated heterocycles. The van der Waals surface area contributed by atoms with E-state index in [1.54, 1.807) is 10.7 Å². The Balaban J connectivity index is 2.30. The van der Waals surface area contributed by atoms with Gasteiger partial charge in [-0.05, 0) is 11.6 Å². The summed E-state index contributed by atoms with van der Waals surface area (Å²) in [6, 6.07) is 4.27. The van der Waals surface area contributed by atoms with E-state index in [1.807, 2.05) is 13.8 Å². The first-order valence-corrected chi connectivity index (χ1v) is 6.62. The second-order valence-corrected chi connectivity index (χ2v) is 4.54. The average Bonchev–Trinajstić information content (AvgIpc) is 2.83. The zero-order chi connectivity index (χ0) is 14.7. The predicted octanol–water partition coefficient (Wildman–Crippen LogP) is 0.270. The fraction of sp³-hybridized carbons (Fsp3) is 0.385. The number of halogens is 1. The van der Waals surface area contributed by atoms with Crippen molar-refractivity contribution in [3.63, 3.8) is 0 Å². The zero-order valence-corrected chi connectivity index (χ0v) is 11.5. The van der Waals surface area contributed by atoms with Crippen LogP contribution in [0.4, 0.5) is 4.39 Å². The highest BCUT2D eigenvalue weighted by Gasteiger charge is 2.17. The molecule has 0 unspecified atom stereocenters. The number of rotatable bonds is 5. The number of aromatic nitrogens is 3. The number of nitrogens with zero attached hydrogens (tertiary/aromatic N) is 3. The van der Waals surface area contributed by atoms with Crippen molar-refractivity contribution in [2.45, 2.75) is 33.2 Å². The number of aryl methyl sites for hydroxylation is 2. The van der Waals surface area contributed by atoms with Gasteiger partial charge in [-0.3, -0.25) is 0 Å². The van der Waals surface area contributed by atoms with Gasteiger partial charge >= 0.3 is 7.12 Å². The van der Waals surface area contributed by atoms with Crippen LogP contribution in [0.1, 0.15) is 31.1 Å². The van der Waals surface area contributed by atoms with Crippen molar-refractivity contribution in [3.05, 3.63) is 41.2 Å². The molecular formula is C13H17BFN3O2. The molecule has 20 heavy (non-hydrogen) atoms. The van der Waals surface area contributed by atoms with E-state index in [4.69, 9.17) is 10.0 Å². The lowest BCUT2D eigenvalue weighted by atomic mass is 9.79. The first-order valence-electron chi connectivity index (χ1n) is 6.62. The minimum Gasteiger partial charge on any atom is -0.423 e. The van der Waals surface area contributed by atoms with E-state index in [9.17, 15) is 4.39 Å². The van der Waals surface area contributed by atoms with Crippen molar-refractivity contribution >= 4 is 12.6 Å². The highest BCUT2D eigenvalue weighted by atomic mass is 19.1. The molecule has 0 spiro atoms. The Bertz CT molecular complexity index is 601. The van der Waals surface area contributed by atoms with Crippen molar-refractivity contribution in [1.82, 2.24) is 14.8 Å². The quantitative estimate of drug-likeness (QED) is 0.770. The van der Waals surface area contributed by atoms with E-state index in [2.05, 4.69) is 10.1 Å². The molecule has 0 atom stereocenters. The first kappa shape index (κ1) is 14.7. The van der Waals surface area contributed by atoms with Gasteiger partial charge in [0.05, 0.1) is 6.54 Å². The predicted molar refractivity (Wildman–Crippen MR) is 74.1 cm³/mol. The summed E-state index contributed by atoms with van der Waals surface area (Å²) in [5.74, 6) is 0.996. The first-order chi connectivity index (χ1) is 9.55. The fourth-order valence-electron chi connectivity index (χ4n) is 2.03. The highest BCUT2D eigenvalue weighted by Crippen LogP contribution is 2.07. The van der Waals surface area contributed by atoms with Gasteiger partial charge in [0.2, 0.25) is 0 Å². The van der Waals surface area contributed by atoms with Crippen molar-refractivity contribution in [1.29, 1.82) is 0 Å². The van der Waals surface area contributed by atoms with Gasteiger partial charge in [0.1, 0.15) is 11.6 Å². The Labute approximate surface area is 117 Å². The molecule has 0 amide bonds. The lowest BCUT2D eigenvalue weighted by Gasteiger charge is -2.08. The van der Waals surface area contributed by atoms with Crippen LogP contribution in [0.2, 0.25) is 0 Å². The molecule has 5 nitrogen and oxygen atoms in total. The Kier molecular flexibility index (Phi) is 4.51.